The Labute approximate surface area is 105 Å². The average Bonchev–Trinajstić information content (AvgIpc) is 2.79. The lowest BCUT2D eigenvalue weighted by atomic mass is 10.0. The van der Waals surface area contributed by atoms with Crippen LogP contribution in [-0.4, -0.2) is 32.0 Å². The second-order valence-corrected chi connectivity index (χ2v) is 3.96. The van der Waals surface area contributed by atoms with Gasteiger partial charge in [-0.15, -0.1) is 0 Å². The molecule has 1 atom stereocenters. The van der Waals surface area contributed by atoms with Crippen molar-refractivity contribution in [1.29, 1.82) is 0 Å². The minimum atomic E-state index is -0.764. The molecule has 0 aromatic carbocycles. The molecule has 0 amide bonds. The number of ether oxygens (including phenoxy) is 1. The van der Waals surface area contributed by atoms with E-state index in [4.69, 9.17) is 4.74 Å². The molecular weight excluding hydrogens is 232 g/mol. The van der Waals surface area contributed by atoms with Crippen LogP contribution in [0.15, 0.2) is 18.6 Å². The molecule has 6 nitrogen and oxygen atoms in total. The van der Waals surface area contributed by atoms with Crippen LogP contribution in [0.2, 0.25) is 0 Å². The van der Waals surface area contributed by atoms with Gasteiger partial charge in [0.2, 0.25) is 0 Å². The van der Waals surface area contributed by atoms with Crippen molar-refractivity contribution in [1.82, 2.24) is 19.7 Å². The van der Waals surface area contributed by atoms with Gasteiger partial charge >= 0.3 is 6.01 Å². The average molecular weight is 248 g/mol. The zero-order valence-electron chi connectivity index (χ0n) is 10.7. The minimum Gasteiger partial charge on any atom is -0.467 e. The lowest BCUT2D eigenvalue weighted by Gasteiger charge is -2.09. The van der Waals surface area contributed by atoms with Gasteiger partial charge in [-0.05, 0) is 6.42 Å². The van der Waals surface area contributed by atoms with Crippen molar-refractivity contribution in [3.8, 4) is 6.01 Å². The van der Waals surface area contributed by atoms with Crippen LogP contribution in [0, 0.1) is 0 Å². The fourth-order valence-corrected chi connectivity index (χ4v) is 1.81. The number of aliphatic hydroxyl groups is 1. The summed E-state index contributed by atoms with van der Waals surface area (Å²) >= 11 is 0. The van der Waals surface area contributed by atoms with Crippen molar-refractivity contribution in [3.63, 3.8) is 0 Å². The SMILES string of the molecule is CCc1nn(C)cc1C(O)c1cnc(OC)nc1. The van der Waals surface area contributed by atoms with E-state index >= 15 is 0 Å². The maximum absolute atomic E-state index is 10.3. The van der Waals surface area contributed by atoms with Crippen LogP contribution in [0.5, 0.6) is 6.01 Å². The van der Waals surface area contributed by atoms with E-state index in [1.165, 1.54) is 7.11 Å². The summed E-state index contributed by atoms with van der Waals surface area (Å²) in [5, 5.41) is 14.6. The van der Waals surface area contributed by atoms with Crippen LogP contribution < -0.4 is 4.74 Å². The van der Waals surface area contributed by atoms with Crippen LogP contribution in [0.25, 0.3) is 0 Å². The van der Waals surface area contributed by atoms with E-state index in [9.17, 15) is 5.11 Å². The number of hydrogen-bond donors (Lipinski definition) is 1. The number of aliphatic hydroxyl groups excluding tert-OH is 1. The molecule has 0 radical (unpaired) electrons. The van der Waals surface area contributed by atoms with E-state index in [-0.39, 0.29) is 6.01 Å². The zero-order valence-corrected chi connectivity index (χ0v) is 10.7. The van der Waals surface area contributed by atoms with Crippen LogP contribution >= 0.6 is 0 Å². The monoisotopic (exact) mass is 248 g/mol. The first-order valence-electron chi connectivity index (χ1n) is 5.72. The summed E-state index contributed by atoms with van der Waals surface area (Å²) in [5.41, 5.74) is 2.29. The number of methoxy groups -OCH3 is 1. The van der Waals surface area contributed by atoms with Gasteiger partial charge in [-0.25, -0.2) is 9.97 Å². The molecule has 0 aliphatic heterocycles. The summed E-state index contributed by atoms with van der Waals surface area (Å²) in [6, 6.07) is 0.285. The second kappa shape index (κ2) is 5.14. The fourth-order valence-electron chi connectivity index (χ4n) is 1.81. The molecular formula is C12H16N4O2. The minimum absolute atomic E-state index is 0.285. The van der Waals surface area contributed by atoms with E-state index in [0.29, 0.717) is 5.56 Å². The van der Waals surface area contributed by atoms with Crippen LogP contribution in [0.3, 0.4) is 0 Å². The molecule has 1 N–H and O–H groups in total. The highest BCUT2D eigenvalue weighted by Gasteiger charge is 2.17. The largest absolute Gasteiger partial charge is 0.467 e. The molecule has 96 valence electrons. The Bertz CT molecular complexity index is 521. The topological polar surface area (TPSA) is 73.1 Å². The Hall–Kier alpha value is -1.95. The highest BCUT2D eigenvalue weighted by molar-refractivity contribution is 5.29. The Morgan fingerprint density at radius 3 is 2.61 bits per heavy atom. The normalized spacial score (nSPS) is 12.4. The first kappa shape index (κ1) is 12.5. The van der Waals surface area contributed by atoms with Crippen molar-refractivity contribution < 1.29 is 9.84 Å². The maximum atomic E-state index is 10.3. The van der Waals surface area contributed by atoms with Gasteiger partial charge in [0, 0.05) is 36.8 Å². The molecule has 2 aromatic rings. The van der Waals surface area contributed by atoms with E-state index in [1.54, 1.807) is 17.1 Å². The predicted octanol–water partition coefficient (Wildman–Crippen LogP) is 0.863. The van der Waals surface area contributed by atoms with Crippen molar-refractivity contribution >= 4 is 0 Å². The molecule has 2 heterocycles. The third kappa shape index (κ3) is 2.33. The van der Waals surface area contributed by atoms with Gasteiger partial charge in [-0.2, -0.15) is 5.10 Å². The molecule has 0 aliphatic carbocycles. The summed E-state index contributed by atoms with van der Waals surface area (Å²) < 4.78 is 6.58. The summed E-state index contributed by atoms with van der Waals surface area (Å²) in [6.45, 7) is 2.00. The van der Waals surface area contributed by atoms with Gasteiger partial charge in [-0.1, -0.05) is 6.92 Å². The second-order valence-electron chi connectivity index (χ2n) is 3.96. The molecule has 0 saturated heterocycles. The number of rotatable bonds is 4. The van der Waals surface area contributed by atoms with Crippen molar-refractivity contribution in [3.05, 3.63) is 35.4 Å². The standard InChI is InChI=1S/C12H16N4O2/c1-4-10-9(7-16(2)15-10)11(17)8-5-13-12(18-3)14-6-8/h5-7,11,17H,4H2,1-3H3. The van der Waals surface area contributed by atoms with Gasteiger partial charge in [0.05, 0.1) is 12.8 Å². The Morgan fingerprint density at radius 1 is 1.39 bits per heavy atom. The third-order valence-electron chi connectivity index (χ3n) is 2.71. The number of nitrogens with zero attached hydrogens (tertiary/aromatic N) is 4. The number of aryl methyl sites for hydroxylation is 2. The van der Waals surface area contributed by atoms with Crippen molar-refractivity contribution in [2.45, 2.75) is 19.4 Å². The van der Waals surface area contributed by atoms with Gasteiger partial charge in [0.25, 0.3) is 0 Å². The van der Waals surface area contributed by atoms with E-state index in [1.807, 2.05) is 20.2 Å². The predicted molar refractivity (Wildman–Crippen MR) is 65.2 cm³/mol. The Kier molecular flexibility index (Phi) is 3.57. The van der Waals surface area contributed by atoms with E-state index in [0.717, 1.165) is 17.7 Å². The zero-order chi connectivity index (χ0) is 13.1. The molecule has 2 rings (SSSR count). The maximum Gasteiger partial charge on any atom is 0.316 e. The molecule has 0 spiro atoms. The van der Waals surface area contributed by atoms with E-state index in [2.05, 4.69) is 15.1 Å². The fraction of sp³-hybridized carbons (Fsp3) is 0.417. The number of aromatic nitrogens is 4. The molecule has 18 heavy (non-hydrogen) atoms. The van der Waals surface area contributed by atoms with Gasteiger partial charge in [0.1, 0.15) is 6.10 Å². The molecule has 0 aliphatic rings. The first-order valence-corrected chi connectivity index (χ1v) is 5.72. The Balaban J connectivity index is 2.31. The lowest BCUT2D eigenvalue weighted by molar-refractivity contribution is 0.217. The lowest BCUT2D eigenvalue weighted by Crippen LogP contribution is -2.03. The van der Waals surface area contributed by atoms with Gasteiger partial charge in [0.15, 0.2) is 0 Å². The smallest absolute Gasteiger partial charge is 0.316 e. The molecule has 0 bridgehead atoms. The van der Waals surface area contributed by atoms with Crippen molar-refractivity contribution in [2.75, 3.05) is 7.11 Å². The number of hydrogen-bond acceptors (Lipinski definition) is 5. The Morgan fingerprint density at radius 2 is 2.06 bits per heavy atom. The van der Waals surface area contributed by atoms with E-state index < -0.39 is 6.10 Å². The van der Waals surface area contributed by atoms with Crippen LogP contribution in [0.1, 0.15) is 29.8 Å². The molecule has 6 heteroatoms. The highest BCUT2D eigenvalue weighted by Crippen LogP contribution is 2.24. The molecule has 2 aromatic heterocycles. The van der Waals surface area contributed by atoms with Gasteiger partial charge in [-0.3, -0.25) is 4.68 Å². The third-order valence-corrected chi connectivity index (χ3v) is 2.71. The first-order chi connectivity index (χ1) is 8.65. The quantitative estimate of drug-likeness (QED) is 0.868. The van der Waals surface area contributed by atoms with Crippen LogP contribution in [0.4, 0.5) is 0 Å². The summed E-state index contributed by atoms with van der Waals surface area (Å²) in [7, 11) is 3.33. The molecule has 0 saturated carbocycles. The molecule has 1 unspecified atom stereocenters. The summed E-state index contributed by atoms with van der Waals surface area (Å²) in [6.07, 6.45) is 4.93. The van der Waals surface area contributed by atoms with Crippen LogP contribution in [-0.2, 0) is 13.5 Å². The van der Waals surface area contributed by atoms with Gasteiger partial charge < -0.3 is 9.84 Å². The summed E-state index contributed by atoms with van der Waals surface area (Å²) in [5.74, 6) is 0. The highest BCUT2D eigenvalue weighted by atomic mass is 16.5. The summed E-state index contributed by atoms with van der Waals surface area (Å²) in [4.78, 5) is 7.97. The molecule has 0 fully saturated rings. The van der Waals surface area contributed by atoms with Crippen molar-refractivity contribution in [2.24, 2.45) is 7.05 Å².